The molecule has 1 fully saturated rings. The molecule has 1 amide bonds. The highest BCUT2D eigenvalue weighted by Gasteiger charge is 2.31. The van der Waals surface area contributed by atoms with Crippen LogP contribution in [0.2, 0.25) is 0 Å². The van der Waals surface area contributed by atoms with E-state index in [1.807, 2.05) is 4.90 Å². The fraction of sp³-hybridized carbons (Fsp3) is 0.562. The predicted octanol–water partition coefficient (Wildman–Crippen LogP) is 3.31. The van der Waals surface area contributed by atoms with Crippen LogP contribution in [0.4, 0.5) is 10.1 Å². The molecule has 0 bridgehead atoms. The number of amides is 1. The molecule has 0 radical (unpaired) electrons. The van der Waals surface area contributed by atoms with Gasteiger partial charge in [-0.2, -0.15) is 0 Å². The molecule has 0 aromatic heterocycles. The number of nitrogens with two attached hydrogens (primary N) is 1. The normalized spacial score (nSPS) is 17.3. The third-order valence-corrected chi connectivity index (χ3v) is 4.25. The fourth-order valence-electron chi connectivity index (χ4n) is 2.85. The number of carbonyl (C=O) groups excluding carboxylic acids is 1. The second-order valence-electron chi connectivity index (χ2n) is 6.66. The van der Waals surface area contributed by atoms with E-state index in [-0.39, 0.29) is 17.0 Å². The topological polar surface area (TPSA) is 46.3 Å². The van der Waals surface area contributed by atoms with Gasteiger partial charge in [0.05, 0.1) is 5.56 Å². The lowest BCUT2D eigenvalue weighted by molar-refractivity contribution is 0.0609. The summed E-state index contributed by atoms with van der Waals surface area (Å²) in [6, 6.07) is 3.96. The second-order valence-corrected chi connectivity index (χ2v) is 6.66. The van der Waals surface area contributed by atoms with E-state index in [0.29, 0.717) is 11.5 Å². The molecule has 4 heteroatoms. The van der Waals surface area contributed by atoms with Gasteiger partial charge in [-0.25, -0.2) is 4.39 Å². The van der Waals surface area contributed by atoms with Crippen LogP contribution in [0.1, 0.15) is 44.0 Å². The Balaban J connectivity index is 2.05. The van der Waals surface area contributed by atoms with Crippen molar-refractivity contribution in [3.63, 3.8) is 0 Å². The zero-order valence-corrected chi connectivity index (χ0v) is 12.4. The lowest BCUT2D eigenvalue weighted by Crippen LogP contribution is -2.41. The van der Waals surface area contributed by atoms with Gasteiger partial charge in [0.1, 0.15) is 5.82 Å². The number of hydrogen-bond acceptors (Lipinski definition) is 2. The van der Waals surface area contributed by atoms with Gasteiger partial charge in [-0.3, -0.25) is 4.79 Å². The number of hydrogen-bond donors (Lipinski definition) is 1. The van der Waals surface area contributed by atoms with Crippen molar-refractivity contribution >= 4 is 11.6 Å². The molecule has 2 rings (SSSR count). The lowest BCUT2D eigenvalue weighted by Gasteiger charge is -2.38. The summed E-state index contributed by atoms with van der Waals surface area (Å²) < 4.78 is 13.0. The van der Waals surface area contributed by atoms with Gasteiger partial charge in [0.15, 0.2) is 0 Å². The van der Waals surface area contributed by atoms with Crippen LogP contribution in [0, 0.1) is 17.2 Å². The zero-order valence-electron chi connectivity index (χ0n) is 12.4. The number of anilines is 1. The highest BCUT2D eigenvalue weighted by molar-refractivity contribution is 5.99. The van der Waals surface area contributed by atoms with E-state index in [2.05, 4.69) is 20.8 Å². The van der Waals surface area contributed by atoms with Gasteiger partial charge in [0.2, 0.25) is 0 Å². The Kier molecular flexibility index (Phi) is 4.02. The molecule has 1 aromatic carbocycles. The number of nitrogens with zero attached hydrogens (tertiary/aromatic N) is 1. The molecule has 0 atom stereocenters. The van der Waals surface area contributed by atoms with Crippen molar-refractivity contribution in [2.45, 2.75) is 33.6 Å². The van der Waals surface area contributed by atoms with Crippen molar-refractivity contribution < 1.29 is 9.18 Å². The molecule has 1 aliphatic rings. The third kappa shape index (κ3) is 3.11. The van der Waals surface area contributed by atoms with Crippen molar-refractivity contribution in [1.82, 2.24) is 4.90 Å². The van der Waals surface area contributed by atoms with E-state index in [4.69, 9.17) is 5.73 Å². The molecule has 110 valence electrons. The summed E-state index contributed by atoms with van der Waals surface area (Å²) in [7, 11) is 0. The van der Waals surface area contributed by atoms with Gasteiger partial charge >= 0.3 is 0 Å². The van der Waals surface area contributed by atoms with Crippen molar-refractivity contribution in [2.24, 2.45) is 11.3 Å². The summed E-state index contributed by atoms with van der Waals surface area (Å²) in [4.78, 5) is 14.2. The number of nitrogen functional groups attached to an aromatic ring is 1. The summed E-state index contributed by atoms with van der Waals surface area (Å²) >= 11 is 0. The van der Waals surface area contributed by atoms with Crippen molar-refractivity contribution in [3.05, 3.63) is 29.6 Å². The van der Waals surface area contributed by atoms with Crippen LogP contribution >= 0.6 is 0 Å². The zero-order chi connectivity index (χ0) is 14.9. The van der Waals surface area contributed by atoms with E-state index in [9.17, 15) is 9.18 Å². The molecule has 1 heterocycles. The largest absolute Gasteiger partial charge is 0.398 e. The van der Waals surface area contributed by atoms with Crippen LogP contribution in [0.25, 0.3) is 0 Å². The van der Waals surface area contributed by atoms with Gasteiger partial charge < -0.3 is 10.6 Å². The molecule has 2 N–H and O–H groups in total. The quantitative estimate of drug-likeness (QED) is 0.801. The predicted molar refractivity (Wildman–Crippen MR) is 78.9 cm³/mol. The van der Waals surface area contributed by atoms with Gasteiger partial charge in [-0.15, -0.1) is 0 Å². The van der Waals surface area contributed by atoms with E-state index in [1.54, 1.807) is 0 Å². The van der Waals surface area contributed by atoms with Crippen LogP contribution in [-0.4, -0.2) is 23.9 Å². The SMILES string of the molecule is CC(C)(C)C1CCN(C(=O)c2ccc(F)cc2N)CC1. The molecule has 0 saturated carbocycles. The minimum absolute atomic E-state index is 0.0881. The monoisotopic (exact) mass is 278 g/mol. The van der Waals surface area contributed by atoms with Crippen molar-refractivity contribution in [2.75, 3.05) is 18.8 Å². The minimum Gasteiger partial charge on any atom is -0.398 e. The molecule has 20 heavy (non-hydrogen) atoms. The second kappa shape index (κ2) is 5.43. The first-order chi connectivity index (χ1) is 9.29. The standard InChI is InChI=1S/C16H23FN2O/c1-16(2,3)11-6-8-19(9-7-11)15(20)13-5-4-12(17)10-14(13)18/h4-5,10-11H,6-9,18H2,1-3H3. The molecule has 1 aliphatic heterocycles. The van der Waals surface area contributed by atoms with E-state index < -0.39 is 5.82 Å². The Bertz CT molecular complexity index is 500. The van der Waals surface area contributed by atoms with Gasteiger partial charge in [0, 0.05) is 18.8 Å². The number of piperidine rings is 1. The first-order valence-corrected chi connectivity index (χ1v) is 7.13. The minimum atomic E-state index is -0.412. The van der Waals surface area contributed by atoms with Gasteiger partial charge in [-0.05, 0) is 42.4 Å². The van der Waals surface area contributed by atoms with Crippen LogP contribution < -0.4 is 5.73 Å². The van der Waals surface area contributed by atoms with Crippen molar-refractivity contribution in [3.8, 4) is 0 Å². The smallest absolute Gasteiger partial charge is 0.255 e. The van der Waals surface area contributed by atoms with E-state index in [0.717, 1.165) is 25.9 Å². The maximum absolute atomic E-state index is 13.0. The van der Waals surface area contributed by atoms with Crippen LogP contribution in [-0.2, 0) is 0 Å². The maximum atomic E-state index is 13.0. The van der Waals surface area contributed by atoms with Crippen LogP contribution in [0.15, 0.2) is 18.2 Å². The summed E-state index contributed by atoms with van der Waals surface area (Å²) in [5.74, 6) is 0.137. The average molecular weight is 278 g/mol. The maximum Gasteiger partial charge on any atom is 0.255 e. The Morgan fingerprint density at radius 2 is 1.90 bits per heavy atom. The summed E-state index contributed by atoms with van der Waals surface area (Å²) in [6.07, 6.45) is 2.02. The molecular weight excluding hydrogens is 255 g/mol. The lowest BCUT2D eigenvalue weighted by atomic mass is 9.75. The number of carbonyl (C=O) groups is 1. The molecule has 0 unspecified atom stereocenters. The molecule has 0 spiro atoms. The fourth-order valence-corrected chi connectivity index (χ4v) is 2.85. The summed E-state index contributed by atoms with van der Waals surface area (Å²) in [5, 5.41) is 0. The number of halogens is 1. The van der Waals surface area contributed by atoms with Gasteiger partial charge in [-0.1, -0.05) is 20.8 Å². The first kappa shape index (κ1) is 14.8. The average Bonchev–Trinajstić information content (AvgIpc) is 2.37. The van der Waals surface area contributed by atoms with Crippen LogP contribution in [0.5, 0.6) is 0 Å². The third-order valence-electron chi connectivity index (χ3n) is 4.25. The first-order valence-electron chi connectivity index (χ1n) is 7.13. The molecule has 0 aliphatic carbocycles. The molecule has 1 saturated heterocycles. The van der Waals surface area contributed by atoms with Crippen molar-refractivity contribution in [1.29, 1.82) is 0 Å². The summed E-state index contributed by atoms with van der Waals surface area (Å²) in [6.45, 7) is 8.22. The Morgan fingerprint density at radius 1 is 1.30 bits per heavy atom. The highest BCUT2D eigenvalue weighted by Crippen LogP contribution is 2.34. The highest BCUT2D eigenvalue weighted by atomic mass is 19.1. The van der Waals surface area contributed by atoms with Gasteiger partial charge in [0.25, 0.3) is 5.91 Å². The summed E-state index contributed by atoms with van der Waals surface area (Å²) in [5.41, 5.74) is 6.64. The number of benzene rings is 1. The Labute approximate surface area is 120 Å². The van der Waals surface area contributed by atoms with E-state index >= 15 is 0 Å². The number of likely N-dealkylation sites (tertiary alicyclic amines) is 1. The molecular formula is C16H23FN2O. The molecule has 1 aromatic rings. The Hall–Kier alpha value is -1.58. The number of rotatable bonds is 1. The van der Waals surface area contributed by atoms with E-state index in [1.165, 1.54) is 18.2 Å². The van der Waals surface area contributed by atoms with Crippen LogP contribution in [0.3, 0.4) is 0 Å². The molecule has 3 nitrogen and oxygen atoms in total. The Morgan fingerprint density at radius 3 is 2.40 bits per heavy atom.